The molecule has 0 fully saturated rings. The van der Waals surface area contributed by atoms with E-state index in [4.69, 9.17) is 0 Å². The van der Waals surface area contributed by atoms with Crippen molar-refractivity contribution in [3.05, 3.63) is 64.0 Å². The van der Waals surface area contributed by atoms with E-state index >= 15 is 0 Å². The lowest BCUT2D eigenvalue weighted by atomic mass is 10.1. The smallest absolute Gasteiger partial charge is 0.303 e. The first-order chi connectivity index (χ1) is 17.4. The minimum atomic E-state index is -4.94. The molecule has 0 bridgehead atoms. The number of aromatic nitrogens is 6. The Balaban J connectivity index is 1.79. The van der Waals surface area contributed by atoms with E-state index < -0.39 is 31.9 Å². The lowest BCUT2D eigenvalue weighted by molar-refractivity contribution is -0.137. The zero-order chi connectivity index (χ0) is 27.0. The number of benzene rings is 1. The van der Waals surface area contributed by atoms with Gasteiger partial charge in [0.05, 0.1) is 23.9 Å². The lowest BCUT2D eigenvalue weighted by Crippen LogP contribution is -2.24. The van der Waals surface area contributed by atoms with Crippen molar-refractivity contribution in [3.8, 4) is 17.5 Å². The third-order valence-electron chi connectivity index (χ3n) is 5.25. The second-order valence-corrected chi connectivity index (χ2v) is 9.15. The van der Waals surface area contributed by atoms with E-state index in [1.807, 2.05) is 6.07 Å². The van der Waals surface area contributed by atoms with Crippen molar-refractivity contribution < 1.29 is 32.0 Å². The van der Waals surface area contributed by atoms with Gasteiger partial charge >= 0.3 is 14.0 Å². The molecule has 0 spiro atoms. The minimum Gasteiger partial charge on any atom is -0.303 e. The number of phosphoric ester groups is 1. The number of imidazole rings is 1. The first-order valence-corrected chi connectivity index (χ1v) is 12.2. The Morgan fingerprint density at radius 1 is 1.22 bits per heavy atom. The molecule has 0 radical (unpaired) electrons. The van der Waals surface area contributed by atoms with E-state index in [9.17, 15) is 37.6 Å². The summed E-state index contributed by atoms with van der Waals surface area (Å²) in [6.45, 7) is 1.21. The average Bonchev–Trinajstić information content (AvgIpc) is 3.43. The van der Waals surface area contributed by atoms with Crippen molar-refractivity contribution in [2.45, 2.75) is 39.3 Å². The van der Waals surface area contributed by atoms with Gasteiger partial charge in [0, 0.05) is 12.7 Å². The molecule has 0 unspecified atom stereocenters. The molecule has 3 heterocycles. The Kier molecular flexibility index (Phi) is 7.03. The highest BCUT2D eigenvalue weighted by Gasteiger charge is 2.30. The first kappa shape index (κ1) is 26.2. The number of nitrogens with zero attached hydrogens (tertiary/aromatic N) is 7. The van der Waals surface area contributed by atoms with Gasteiger partial charge in [-0.2, -0.15) is 23.5 Å². The molecule has 12 nitrogen and oxygen atoms in total. The monoisotopic (exact) mass is 537 g/mol. The first-order valence-electron chi connectivity index (χ1n) is 10.7. The maximum atomic E-state index is 13.0. The van der Waals surface area contributed by atoms with Crippen LogP contribution in [0.25, 0.3) is 22.6 Å². The largest absolute Gasteiger partial charge is 0.471 e. The predicted molar refractivity (Wildman–Crippen MR) is 122 cm³/mol. The van der Waals surface area contributed by atoms with Gasteiger partial charge in [-0.3, -0.25) is 23.1 Å². The van der Waals surface area contributed by atoms with E-state index in [1.54, 1.807) is 6.92 Å². The number of phosphoric acid groups is 1. The molecule has 2 N–H and O–H groups in total. The van der Waals surface area contributed by atoms with Gasteiger partial charge in [-0.05, 0) is 24.1 Å². The molecule has 1 aromatic carbocycles. The highest BCUT2D eigenvalue weighted by Crippen LogP contribution is 2.37. The van der Waals surface area contributed by atoms with Crippen LogP contribution in [0.4, 0.5) is 13.2 Å². The summed E-state index contributed by atoms with van der Waals surface area (Å²) in [7, 11) is -4.94. The van der Waals surface area contributed by atoms with Crippen LogP contribution in [0.1, 0.15) is 30.3 Å². The fourth-order valence-electron chi connectivity index (χ4n) is 3.68. The Morgan fingerprint density at radius 3 is 2.62 bits per heavy atom. The van der Waals surface area contributed by atoms with Crippen LogP contribution in [0.15, 0.2) is 41.5 Å². The highest BCUT2D eigenvalue weighted by molar-refractivity contribution is 7.46. The molecule has 194 valence electrons. The Bertz CT molecular complexity index is 1610. The normalized spacial score (nSPS) is 12.2. The van der Waals surface area contributed by atoms with Crippen LogP contribution in [-0.2, 0) is 35.1 Å². The summed E-state index contributed by atoms with van der Waals surface area (Å²) in [5.41, 5.74) is -1.15. The van der Waals surface area contributed by atoms with E-state index in [-0.39, 0.29) is 41.5 Å². The molecule has 0 atom stereocenters. The van der Waals surface area contributed by atoms with Crippen LogP contribution >= 0.6 is 7.82 Å². The summed E-state index contributed by atoms with van der Waals surface area (Å²) in [6.07, 6.45) is -1.22. The quantitative estimate of drug-likeness (QED) is 0.322. The molecule has 3 aromatic heterocycles. The number of halogens is 3. The van der Waals surface area contributed by atoms with Crippen molar-refractivity contribution in [2.24, 2.45) is 0 Å². The van der Waals surface area contributed by atoms with Crippen molar-refractivity contribution in [2.75, 3.05) is 0 Å². The number of fused-ring (bicyclic) bond motifs is 1. The summed E-state index contributed by atoms with van der Waals surface area (Å²) >= 11 is 0. The van der Waals surface area contributed by atoms with Gasteiger partial charge < -0.3 is 9.79 Å². The Hall–Kier alpha value is -3.83. The molecular formula is C21H19F3N7O5P. The third kappa shape index (κ3) is 5.62. The molecule has 0 aliphatic heterocycles. The molecular weight excluding hydrogens is 518 g/mol. The van der Waals surface area contributed by atoms with Crippen LogP contribution in [0, 0.1) is 11.3 Å². The van der Waals surface area contributed by atoms with E-state index in [1.165, 1.54) is 29.2 Å². The summed E-state index contributed by atoms with van der Waals surface area (Å²) in [5.74, 6) is -0.218. The molecule has 0 amide bonds. The Morgan fingerprint density at radius 2 is 1.97 bits per heavy atom. The van der Waals surface area contributed by atoms with E-state index in [0.29, 0.717) is 12.0 Å². The van der Waals surface area contributed by atoms with Gasteiger partial charge in [-0.15, -0.1) is 0 Å². The topological polar surface area (TPSA) is 161 Å². The maximum absolute atomic E-state index is 13.0. The minimum absolute atomic E-state index is 0.00137. The number of hydrogen-bond acceptors (Lipinski definition) is 7. The van der Waals surface area contributed by atoms with Gasteiger partial charge in [0.2, 0.25) is 5.82 Å². The number of nitriles is 1. The van der Waals surface area contributed by atoms with Crippen LogP contribution in [-0.4, -0.2) is 38.7 Å². The van der Waals surface area contributed by atoms with E-state index in [2.05, 4.69) is 19.6 Å². The summed E-state index contributed by atoms with van der Waals surface area (Å²) < 4.78 is 58.7. The zero-order valence-electron chi connectivity index (χ0n) is 19.1. The lowest BCUT2D eigenvalue weighted by Gasteiger charge is -2.10. The van der Waals surface area contributed by atoms with Crippen LogP contribution in [0.2, 0.25) is 0 Å². The highest BCUT2D eigenvalue weighted by atomic mass is 31.2. The Labute approximate surface area is 206 Å². The van der Waals surface area contributed by atoms with Gasteiger partial charge in [0.1, 0.15) is 18.6 Å². The predicted octanol–water partition coefficient (Wildman–Crippen LogP) is 2.87. The summed E-state index contributed by atoms with van der Waals surface area (Å²) in [5, 5.41) is 13.6. The fourth-order valence-corrected chi connectivity index (χ4v) is 3.94. The molecule has 0 aliphatic rings. The maximum Gasteiger partial charge on any atom is 0.471 e. The van der Waals surface area contributed by atoms with E-state index in [0.717, 1.165) is 21.3 Å². The number of rotatable bonds is 8. The van der Waals surface area contributed by atoms with Gasteiger partial charge in [0.15, 0.2) is 11.2 Å². The molecule has 37 heavy (non-hydrogen) atoms. The van der Waals surface area contributed by atoms with Crippen LogP contribution in [0.3, 0.4) is 0 Å². The zero-order valence-corrected chi connectivity index (χ0v) is 20.0. The van der Waals surface area contributed by atoms with Crippen molar-refractivity contribution >= 4 is 19.0 Å². The van der Waals surface area contributed by atoms with Crippen molar-refractivity contribution in [1.29, 1.82) is 5.26 Å². The van der Waals surface area contributed by atoms with Gasteiger partial charge in [0.25, 0.3) is 5.56 Å². The third-order valence-corrected chi connectivity index (χ3v) is 5.70. The van der Waals surface area contributed by atoms with Crippen molar-refractivity contribution in [3.63, 3.8) is 0 Å². The molecule has 4 aromatic rings. The molecule has 16 heteroatoms. The number of alkyl halides is 3. The number of hydrogen-bond donors (Lipinski definition) is 2. The fraction of sp³-hybridized carbons (Fsp3) is 0.286. The standard InChI is InChI=1S/C21H19F3N7O5P/c1-2-6-30-16(8-25)27-19-17(20(30)32)28-18(31(19)12-36-37(33,34)35)14-9-26-29(11-14)10-13-4-3-5-15(7-13)21(22,23)24/h3-5,7,9,11H,2,6,10,12H2,1H3,(H2,33,34,35). The summed E-state index contributed by atoms with van der Waals surface area (Å²) in [4.78, 5) is 39.9. The molecule has 0 aliphatic carbocycles. The second-order valence-electron chi connectivity index (χ2n) is 7.91. The average molecular weight is 537 g/mol. The van der Waals surface area contributed by atoms with Gasteiger partial charge in [-0.25, -0.2) is 14.5 Å². The van der Waals surface area contributed by atoms with Crippen LogP contribution in [0.5, 0.6) is 0 Å². The van der Waals surface area contributed by atoms with Crippen LogP contribution < -0.4 is 5.56 Å². The SMILES string of the molecule is CCCn1c(C#N)nc2c(nc(-c3cnn(Cc4cccc(C(F)(F)F)c4)c3)n2COP(=O)(O)O)c1=O. The molecule has 0 saturated carbocycles. The summed E-state index contributed by atoms with van der Waals surface area (Å²) in [6, 6.07) is 6.56. The van der Waals surface area contributed by atoms with Gasteiger partial charge in [-0.1, -0.05) is 19.1 Å². The molecule has 4 rings (SSSR count). The second kappa shape index (κ2) is 9.91. The molecule has 0 saturated heterocycles. The van der Waals surface area contributed by atoms with Crippen molar-refractivity contribution in [1.82, 2.24) is 28.9 Å².